The van der Waals surface area contributed by atoms with Crippen molar-refractivity contribution in [3.8, 4) is 0 Å². The topological polar surface area (TPSA) is 198 Å². The van der Waals surface area contributed by atoms with Crippen LogP contribution >= 0.6 is 21.6 Å². The standard InChI is InChI=1S/C12H24N2O10S2/c15-1-7(17)3-23-13-9(11(19)20)5-25-26-6-10(12(21)22)14-24-4-8(18)2-16/h7-10,13-18H,1-6H2,(H,19,20)(H,21,22)/t7?,8?,9-,10-/m0/s1. The summed E-state index contributed by atoms with van der Waals surface area (Å²) in [5.41, 5.74) is 4.47. The third kappa shape index (κ3) is 12.6. The van der Waals surface area contributed by atoms with Crippen LogP contribution in [0.5, 0.6) is 0 Å². The largest absolute Gasteiger partial charge is 0.480 e. The fourth-order valence-corrected chi connectivity index (χ4v) is 3.42. The SMILES string of the molecule is O=C(O)[C@H](CSSC[C@H](NOCC(O)CO)C(=O)O)NOCC(O)CO. The van der Waals surface area contributed by atoms with Gasteiger partial charge in [0.1, 0.15) is 24.3 Å². The molecule has 0 aliphatic rings. The first-order chi connectivity index (χ1) is 12.3. The molecule has 4 atom stereocenters. The highest BCUT2D eigenvalue weighted by molar-refractivity contribution is 8.76. The molecule has 0 bridgehead atoms. The quantitative estimate of drug-likeness (QED) is 0.0673. The Labute approximate surface area is 157 Å². The molecule has 0 amide bonds. The molecule has 0 aromatic heterocycles. The molecule has 12 nitrogen and oxygen atoms in total. The molecule has 0 aliphatic carbocycles. The van der Waals surface area contributed by atoms with Crippen LogP contribution in [-0.4, -0.2) is 105 Å². The summed E-state index contributed by atoms with van der Waals surface area (Å²) in [6.45, 7) is -1.63. The highest BCUT2D eigenvalue weighted by Crippen LogP contribution is 2.23. The Bertz CT molecular complexity index is 370. The Balaban J connectivity index is 4.10. The summed E-state index contributed by atoms with van der Waals surface area (Å²) >= 11 is 0. The van der Waals surface area contributed by atoms with Crippen molar-refractivity contribution in [3.63, 3.8) is 0 Å². The molecular weight excluding hydrogens is 396 g/mol. The number of aliphatic hydroxyl groups is 4. The molecule has 154 valence electrons. The summed E-state index contributed by atoms with van der Waals surface area (Å²) in [6, 6.07) is -2.21. The van der Waals surface area contributed by atoms with Crippen LogP contribution < -0.4 is 11.0 Å². The van der Waals surface area contributed by atoms with Gasteiger partial charge < -0.3 is 30.6 Å². The summed E-state index contributed by atoms with van der Waals surface area (Å²) in [7, 11) is 2.15. The average Bonchev–Trinajstić information content (AvgIpc) is 2.60. The first-order valence-electron chi connectivity index (χ1n) is 7.34. The zero-order valence-electron chi connectivity index (χ0n) is 13.7. The van der Waals surface area contributed by atoms with E-state index in [0.717, 1.165) is 21.6 Å². The minimum Gasteiger partial charge on any atom is -0.480 e. The van der Waals surface area contributed by atoms with Gasteiger partial charge in [0.2, 0.25) is 0 Å². The van der Waals surface area contributed by atoms with Crippen molar-refractivity contribution in [1.29, 1.82) is 0 Å². The van der Waals surface area contributed by atoms with Crippen LogP contribution in [0.15, 0.2) is 0 Å². The van der Waals surface area contributed by atoms with E-state index in [0.29, 0.717) is 0 Å². The predicted molar refractivity (Wildman–Crippen MR) is 92.1 cm³/mol. The third-order valence-corrected chi connectivity index (χ3v) is 5.00. The summed E-state index contributed by atoms with van der Waals surface area (Å²) in [4.78, 5) is 31.7. The molecule has 0 saturated heterocycles. The van der Waals surface area contributed by atoms with E-state index < -0.39 is 49.4 Å². The van der Waals surface area contributed by atoms with Crippen LogP contribution in [0.25, 0.3) is 0 Å². The van der Waals surface area contributed by atoms with Crippen molar-refractivity contribution in [2.24, 2.45) is 0 Å². The molecule has 0 fully saturated rings. The molecule has 0 aromatic carbocycles. The van der Waals surface area contributed by atoms with Crippen molar-refractivity contribution in [1.82, 2.24) is 11.0 Å². The molecule has 2 unspecified atom stereocenters. The molecule has 8 N–H and O–H groups in total. The van der Waals surface area contributed by atoms with Gasteiger partial charge in [-0.15, -0.1) is 0 Å². The summed E-state index contributed by atoms with van der Waals surface area (Å²) in [6.07, 6.45) is -2.27. The van der Waals surface area contributed by atoms with Gasteiger partial charge >= 0.3 is 11.9 Å². The lowest BCUT2D eigenvalue weighted by Crippen LogP contribution is -2.41. The van der Waals surface area contributed by atoms with Crippen LogP contribution in [0, 0.1) is 0 Å². The van der Waals surface area contributed by atoms with E-state index in [9.17, 15) is 9.59 Å². The van der Waals surface area contributed by atoms with Gasteiger partial charge in [0, 0.05) is 11.5 Å². The van der Waals surface area contributed by atoms with Gasteiger partial charge in [-0.2, -0.15) is 11.0 Å². The number of hydrogen-bond acceptors (Lipinski definition) is 12. The molecule has 0 aromatic rings. The lowest BCUT2D eigenvalue weighted by atomic mass is 10.4. The van der Waals surface area contributed by atoms with Crippen LogP contribution in [0.2, 0.25) is 0 Å². The number of aliphatic hydroxyl groups excluding tert-OH is 4. The van der Waals surface area contributed by atoms with Crippen molar-refractivity contribution in [2.45, 2.75) is 24.3 Å². The van der Waals surface area contributed by atoms with Crippen molar-refractivity contribution in [2.75, 3.05) is 37.9 Å². The second-order valence-corrected chi connectivity index (χ2v) is 7.43. The predicted octanol–water partition coefficient (Wildman–Crippen LogP) is -2.98. The lowest BCUT2D eigenvalue weighted by Gasteiger charge is -2.17. The van der Waals surface area contributed by atoms with Crippen LogP contribution in [-0.2, 0) is 19.3 Å². The van der Waals surface area contributed by atoms with Crippen molar-refractivity contribution in [3.05, 3.63) is 0 Å². The van der Waals surface area contributed by atoms with E-state index in [-0.39, 0.29) is 24.7 Å². The zero-order valence-corrected chi connectivity index (χ0v) is 15.3. The second kappa shape index (κ2) is 15.4. The first-order valence-corrected chi connectivity index (χ1v) is 9.83. The molecule has 0 saturated carbocycles. The van der Waals surface area contributed by atoms with E-state index in [2.05, 4.69) is 11.0 Å². The van der Waals surface area contributed by atoms with Crippen molar-refractivity contribution < 1.29 is 49.9 Å². The molecular formula is C12H24N2O10S2. The number of rotatable bonds is 17. The van der Waals surface area contributed by atoms with Gasteiger partial charge in [-0.1, -0.05) is 21.6 Å². The highest BCUT2D eigenvalue weighted by Gasteiger charge is 2.21. The lowest BCUT2D eigenvalue weighted by molar-refractivity contribution is -0.145. The molecule has 0 aliphatic heterocycles. The van der Waals surface area contributed by atoms with Crippen LogP contribution in [0.4, 0.5) is 0 Å². The van der Waals surface area contributed by atoms with Gasteiger partial charge in [0.15, 0.2) is 0 Å². The Kier molecular flexibility index (Phi) is 15.0. The maximum atomic E-state index is 11.1. The monoisotopic (exact) mass is 420 g/mol. The zero-order chi connectivity index (χ0) is 19.9. The van der Waals surface area contributed by atoms with Crippen LogP contribution in [0.1, 0.15) is 0 Å². The fourth-order valence-electron chi connectivity index (χ4n) is 1.14. The van der Waals surface area contributed by atoms with Crippen LogP contribution in [0.3, 0.4) is 0 Å². The van der Waals surface area contributed by atoms with Gasteiger partial charge in [0.05, 0.1) is 26.4 Å². The number of hydroxylamine groups is 2. The summed E-state index contributed by atoms with van der Waals surface area (Å²) < 4.78 is 0. The third-order valence-electron chi connectivity index (χ3n) is 2.57. The highest BCUT2D eigenvalue weighted by atomic mass is 33.1. The van der Waals surface area contributed by atoms with Crippen molar-refractivity contribution >= 4 is 33.5 Å². The van der Waals surface area contributed by atoms with Gasteiger partial charge in [-0.3, -0.25) is 19.3 Å². The molecule has 0 spiro atoms. The first kappa shape index (κ1) is 25.3. The molecule has 0 radical (unpaired) electrons. The summed E-state index contributed by atoms with van der Waals surface area (Å²) in [5, 5.41) is 53.5. The Morgan fingerprint density at radius 3 is 1.42 bits per heavy atom. The number of aliphatic carboxylic acids is 2. The molecule has 0 rings (SSSR count). The maximum Gasteiger partial charge on any atom is 0.323 e. The number of nitrogens with one attached hydrogen (secondary N) is 2. The van der Waals surface area contributed by atoms with Gasteiger partial charge in [-0.25, -0.2) is 0 Å². The molecule has 0 heterocycles. The minimum absolute atomic E-state index is 0.0334. The molecule has 26 heavy (non-hydrogen) atoms. The Hall–Kier alpha value is -0.680. The smallest absolute Gasteiger partial charge is 0.323 e. The average molecular weight is 420 g/mol. The Morgan fingerprint density at radius 2 is 1.15 bits per heavy atom. The second-order valence-electron chi connectivity index (χ2n) is 4.88. The number of carboxylic acid groups (broad SMARTS) is 2. The molecule has 14 heteroatoms. The van der Waals surface area contributed by atoms with E-state index in [1.54, 1.807) is 0 Å². The normalized spacial score (nSPS) is 16.0. The van der Waals surface area contributed by atoms with Gasteiger partial charge in [-0.05, 0) is 0 Å². The van der Waals surface area contributed by atoms with E-state index in [4.69, 9.17) is 40.3 Å². The Morgan fingerprint density at radius 1 is 0.808 bits per heavy atom. The number of carbonyl (C=O) groups is 2. The van der Waals surface area contributed by atoms with E-state index >= 15 is 0 Å². The fraction of sp³-hybridized carbons (Fsp3) is 0.833. The number of hydrogen-bond donors (Lipinski definition) is 8. The van der Waals surface area contributed by atoms with E-state index in [1.807, 2.05) is 0 Å². The number of carboxylic acids is 2. The summed E-state index contributed by atoms with van der Waals surface area (Å²) in [5.74, 6) is -2.34. The minimum atomic E-state index is -1.20. The van der Waals surface area contributed by atoms with E-state index in [1.165, 1.54) is 0 Å². The van der Waals surface area contributed by atoms with Gasteiger partial charge in [0.25, 0.3) is 0 Å². The maximum absolute atomic E-state index is 11.1.